The zero-order chi connectivity index (χ0) is 32.1. The molecule has 242 valence electrons. The van der Waals surface area contributed by atoms with E-state index in [0.717, 1.165) is 0 Å². The molecule has 4 N–H and O–H groups in total. The summed E-state index contributed by atoms with van der Waals surface area (Å²) >= 11 is 1.36. The van der Waals surface area contributed by atoms with Gasteiger partial charge in [-0.25, -0.2) is 14.4 Å². The minimum Gasteiger partial charge on any atom is -0.457 e. The molecule has 4 heterocycles. The van der Waals surface area contributed by atoms with Crippen LogP contribution in [0.2, 0.25) is 0 Å². The number of amides is 4. The number of esters is 1. The van der Waals surface area contributed by atoms with Crippen molar-refractivity contribution in [1.29, 1.82) is 0 Å². The molecule has 0 aliphatic carbocycles. The van der Waals surface area contributed by atoms with Gasteiger partial charge in [0.15, 0.2) is 5.84 Å². The first-order chi connectivity index (χ1) is 21.0. The molecule has 0 aromatic carbocycles. The number of aliphatic hydroxyl groups excluding tert-OH is 2. The summed E-state index contributed by atoms with van der Waals surface area (Å²) in [6, 6.07) is -1.40. The quantitative estimate of drug-likeness (QED) is 0.0524. The summed E-state index contributed by atoms with van der Waals surface area (Å²) < 4.78 is 10.6. The van der Waals surface area contributed by atoms with Crippen molar-refractivity contribution >= 4 is 41.6 Å². The second-order valence-corrected chi connectivity index (χ2v) is 12.7. The molecule has 0 bridgehead atoms. The predicted molar refractivity (Wildman–Crippen MR) is 160 cm³/mol. The first-order valence-electron chi connectivity index (χ1n) is 14.7. The Morgan fingerprint density at radius 2 is 1.84 bits per heavy atom. The molecule has 0 aromatic heterocycles. The number of amidine groups is 1. The average molecular weight is 636 g/mol. The number of nitrogens with zero attached hydrogens (tertiary/aromatic N) is 4. The number of likely N-dealkylation sites (tertiary alicyclic amines) is 2. The van der Waals surface area contributed by atoms with Gasteiger partial charge in [-0.2, -0.15) is 0 Å². The number of hydrogen-bond donors (Lipinski definition) is 4. The monoisotopic (exact) mass is 635 g/mol. The van der Waals surface area contributed by atoms with Gasteiger partial charge in [0.25, 0.3) is 0 Å². The zero-order valence-electron chi connectivity index (χ0n) is 25.0. The van der Waals surface area contributed by atoms with Gasteiger partial charge < -0.3 is 39.6 Å². The lowest BCUT2D eigenvalue weighted by Gasteiger charge is -2.46. The minimum atomic E-state index is -0.895. The highest BCUT2D eigenvalue weighted by molar-refractivity contribution is 8.03. The molecular formula is C29H41N5O9S. The molecule has 3 fully saturated rings. The molecule has 15 heteroatoms. The van der Waals surface area contributed by atoms with E-state index >= 15 is 0 Å². The first kappa shape index (κ1) is 33.3. The average Bonchev–Trinajstić information content (AvgIpc) is 3.50. The van der Waals surface area contributed by atoms with Crippen LogP contribution in [-0.4, -0.2) is 122 Å². The Kier molecular flexibility index (Phi) is 11.0. The summed E-state index contributed by atoms with van der Waals surface area (Å²) in [5, 5.41) is 35.4. The summed E-state index contributed by atoms with van der Waals surface area (Å²) in [6.07, 6.45) is 2.20. The van der Waals surface area contributed by atoms with E-state index in [4.69, 9.17) is 9.47 Å². The molecule has 14 nitrogen and oxygen atoms in total. The van der Waals surface area contributed by atoms with Gasteiger partial charge in [0.1, 0.15) is 18.9 Å². The number of thioether (sulfide) groups is 1. The topological polar surface area (TPSA) is 182 Å². The van der Waals surface area contributed by atoms with E-state index in [1.807, 2.05) is 6.92 Å². The Morgan fingerprint density at radius 3 is 2.45 bits per heavy atom. The largest absolute Gasteiger partial charge is 0.457 e. The summed E-state index contributed by atoms with van der Waals surface area (Å²) in [6.45, 7) is 11.5. The molecule has 0 unspecified atom stereocenters. The van der Waals surface area contributed by atoms with Gasteiger partial charge in [-0.1, -0.05) is 37.4 Å². The number of fused-ring (bicyclic) bond motifs is 1. The number of carbonyl (C=O) groups is 4. The lowest BCUT2D eigenvalue weighted by molar-refractivity contribution is -0.164. The van der Waals surface area contributed by atoms with Crippen LogP contribution in [-0.2, 0) is 19.1 Å². The van der Waals surface area contributed by atoms with E-state index in [1.165, 1.54) is 38.6 Å². The lowest BCUT2D eigenvalue weighted by Crippen LogP contribution is -2.63. The number of ether oxygens (including phenoxy) is 2. The third-order valence-electron chi connectivity index (χ3n) is 8.42. The summed E-state index contributed by atoms with van der Waals surface area (Å²) in [7, 11) is 0. The highest BCUT2D eigenvalue weighted by atomic mass is 32.2. The molecule has 4 aliphatic rings. The number of rotatable bonds is 10. The number of β-lactam (4-membered cyclic amide) rings is 1. The first-order valence-corrected chi connectivity index (χ1v) is 15.6. The van der Waals surface area contributed by atoms with E-state index in [1.54, 1.807) is 6.92 Å². The van der Waals surface area contributed by atoms with Crippen LogP contribution in [0.25, 0.3) is 0 Å². The molecule has 0 radical (unpaired) electrons. The van der Waals surface area contributed by atoms with Gasteiger partial charge in [-0.15, -0.1) is 11.8 Å². The van der Waals surface area contributed by atoms with Crippen LogP contribution in [0.3, 0.4) is 0 Å². The fraction of sp³-hybridized carbons (Fsp3) is 0.621. The standard InChI is InChI=1S/C29H41N5O9S/c1-5-11-42-27(38)24-25(16(3)23-22(17(4)35)26(37)34(23)24)44-20-13-18(33(15-20)29(40)43-12-6-2)14-21(31-41)30-28(39)32-9-7-19(36)8-10-32/h5-6,16-20,22-23,35-36,41H,1-2,7-15H2,3-4H3,(H,30,31,39)/t16-,17-,18+,20+,22+,23-/m1/s1. The minimum absolute atomic E-state index is 0.0130. The molecule has 3 saturated heterocycles. The van der Waals surface area contributed by atoms with Crippen molar-refractivity contribution in [3.63, 3.8) is 0 Å². The molecule has 4 amide bonds. The predicted octanol–water partition coefficient (Wildman–Crippen LogP) is 1.63. The lowest BCUT2D eigenvalue weighted by atomic mass is 9.79. The SMILES string of the molecule is C=CCOC(=O)C1=C(S[C@H]2C[C@@H](C/C(=N/O)NC(=O)N3CCC(O)CC3)N(C(=O)OCC=C)C2)[C@H](C)[C@@H]2[C@H]([C@@H](C)O)C(=O)N12. The van der Waals surface area contributed by atoms with Gasteiger partial charge in [0.2, 0.25) is 5.91 Å². The number of aliphatic hydroxyl groups is 2. The van der Waals surface area contributed by atoms with Crippen molar-refractivity contribution in [2.75, 3.05) is 32.8 Å². The molecule has 6 atom stereocenters. The van der Waals surface area contributed by atoms with Crippen LogP contribution < -0.4 is 5.32 Å². The molecule has 44 heavy (non-hydrogen) atoms. The van der Waals surface area contributed by atoms with Crippen LogP contribution in [0.5, 0.6) is 0 Å². The van der Waals surface area contributed by atoms with Crippen LogP contribution in [0.1, 0.15) is 39.5 Å². The Morgan fingerprint density at radius 1 is 1.18 bits per heavy atom. The molecular weight excluding hydrogens is 594 g/mol. The second kappa shape index (κ2) is 14.5. The Hall–Kier alpha value is -3.56. The van der Waals surface area contributed by atoms with E-state index in [2.05, 4.69) is 23.6 Å². The highest BCUT2D eigenvalue weighted by Crippen LogP contribution is 2.52. The van der Waals surface area contributed by atoms with Crippen molar-refractivity contribution in [3.8, 4) is 0 Å². The van der Waals surface area contributed by atoms with Crippen molar-refractivity contribution in [2.24, 2.45) is 17.0 Å². The van der Waals surface area contributed by atoms with Gasteiger partial charge in [0.05, 0.1) is 24.2 Å². The number of oxime groups is 1. The van der Waals surface area contributed by atoms with Gasteiger partial charge in [-0.05, 0) is 26.2 Å². The number of carbonyl (C=O) groups excluding carboxylic acids is 4. The normalized spacial score (nSPS) is 27.9. The third kappa shape index (κ3) is 6.89. The number of piperidine rings is 1. The molecule has 4 rings (SSSR count). The third-order valence-corrected chi connectivity index (χ3v) is 9.91. The fourth-order valence-corrected chi connectivity index (χ4v) is 7.81. The van der Waals surface area contributed by atoms with Crippen molar-refractivity contribution in [2.45, 2.75) is 69.1 Å². The van der Waals surface area contributed by atoms with Gasteiger partial charge in [-0.3, -0.25) is 10.1 Å². The molecule has 4 aliphatic heterocycles. The number of hydrogen-bond acceptors (Lipinski definition) is 11. The Labute approximate surface area is 260 Å². The Balaban J connectivity index is 1.53. The van der Waals surface area contributed by atoms with Crippen molar-refractivity contribution in [1.82, 2.24) is 20.0 Å². The number of urea groups is 1. The maximum Gasteiger partial charge on any atom is 0.410 e. The maximum atomic E-state index is 13.1. The molecule has 0 spiro atoms. The zero-order valence-corrected chi connectivity index (χ0v) is 25.8. The van der Waals surface area contributed by atoms with Crippen molar-refractivity contribution < 1.29 is 44.1 Å². The van der Waals surface area contributed by atoms with Gasteiger partial charge in [0, 0.05) is 48.2 Å². The molecule has 0 aromatic rings. The van der Waals surface area contributed by atoms with E-state index in [0.29, 0.717) is 37.3 Å². The van der Waals surface area contributed by atoms with Crippen LogP contribution in [0.15, 0.2) is 41.1 Å². The van der Waals surface area contributed by atoms with E-state index in [-0.39, 0.29) is 54.8 Å². The van der Waals surface area contributed by atoms with Crippen LogP contribution >= 0.6 is 11.8 Å². The van der Waals surface area contributed by atoms with Crippen LogP contribution in [0, 0.1) is 11.8 Å². The molecule has 0 saturated carbocycles. The van der Waals surface area contributed by atoms with E-state index in [9.17, 15) is 34.6 Å². The summed E-state index contributed by atoms with van der Waals surface area (Å²) in [4.78, 5) is 57.0. The Bertz CT molecular complexity index is 1220. The second-order valence-electron chi connectivity index (χ2n) is 11.4. The number of nitrogens with one attached hydrogen (secondary N) is 1. The fourth-order valence-electron chi connectivity index (χ4n) is 6.25. The smallest absolute Gasteiger partial charge is 0.410 e. The highest BCUT2D eigenvalue weighted by Gasteiger charge is 2.60. The van der Waals surface area contributed by atoms with E-state index < -0.39 is 48.3 Å². The summed E-state index contributed by atoms with van der Waals surface area (Å²) in [5.41, 5.74) is 0.136. The maximum absolute atomic E-state index is 13.1. The van der Waals surface area contributed by atoms with Crippen molar-refractivity contribution in [3.05, 3.63) is 35.9 Å². The summed E-state index contributed by atoms with van der Waals surface area (Å²) in [5.74, 6) is -1.98. The van der Waals surface area contributed by atoms with Crippen LogP contribution in [0.4, 0.5) is 9.59 Å². The van der Waals surface area contributed by atoms with Gasteiger partial charge >= 0.3 is 18.1 Å².